The minimum atomic E-state index is -0.530. The van der Waals surface area contributed by atoms with Gasteiger partial charge in [-0.3, -0.25) is 0 Å². The second-order valence-corrected chi connectivity index (χ2v) is 3.32. The summed E-state index contributed by atoms with van der Waals surface area (Å²) < 4.78 is 5.49. The van der Waals surface area contributed by atoms with Crippen LogP contribution in [0.3, 0.4) is 0 Å². The van der Waals surface area contributed by atoms with E-state index in [1.807, 2.05) is 24.3 Å². The SMILES string of the molecule is C[C@@H](O)c1ccccc1OCCCC#N. The summed E-state index contributed by atoms with van der Waals surface area (Å²) in [4.78, 5) is 0. The Morgan fingerprint density at radius 2 is 2.20 bits per heavy atom. The van der Waals surface area contributed by atoms with E-state index in [0.29, 0.717) is 25.2 Å². The summed E-state index contributed by atoms with van der Waals surface area (Å²) in [5, 5.41) is 17.8. The minimum absolute atomic E-state index is 0.497. The van der Waals surface area contributed by atoms with E-state index in [0.717, 1.165) is 5.56 Å². The van der Waals surface area contributed by atoms with Gasteiger partial charge in [0.2, 0.25) is 0 Å². The Balaban J connectivity index is 2.56. The lowest BCUT2D eigenvalue weighted by Gasteiger charge is -2.12. The monoisotopic (exact) mass is 205 g/mol. The van der Waals surface area contributed by atoms with Crippen LogP contribution in [0.5, 0.6) is 5.75 Å². The van der Waals surface area contributed by atoms with E-state index in [9.17, 15) is 5.11 Å². The van der Waals surface area contributed by atoms with Crippen LogP contribution in [0.4, 0.5) is 0 Å². The Labute approximate surface area is 89.9 Å². The van der Waals surface area contributed by atoms with E-state index < -0.39 is 6.10 Å². The van der Waals surface area contributed by atoms with Crippen molar-refractivity contribution >= 4 is 0 Å². The maximum absolute atomic E-state index is 9.47. The Kier molecular flexibility index (Phi) is 4.65. The number of ether oxygens (including phenoxy) is 1. The Morgan fingerprint density at radius 1 is 1.47 bits per heavy atom. The Morgan fingerprint density at radius 3 is 2.87 bits per heavy atom. The second kappa shape index (κ2) is 6.05. The molecule has 1 aromatic carbocycles. The van der Waals surface area contributed by atoms with Crippen molar-refractivity contribution in [2.24, 2.45) is 0 Å². The summed E-state index contributed by atoms with van der Waals surface area (Å²) in [6.45, 7) is 2.22. The van der Waals surface area contributed by atoms with E-state index in [2.05, 4.69) is 6.07 Å². The van der Waals surface area contributed by atoms with E-state index in [1.165, 1.54) is 0 Å². The molecule has 3 heteroatoms. The molecule has 0 heterocycles. The normalized spacial score (nSPS) is 11.8. The van der Waals surface area contributed by atoms with E-state index >= 15 is 0 Å². The molecule has 1 atom stereocenters. The van der Waals surface area contributed by atoms with Gasteiger partial charge in [0.25, 0.3) is 0 Å². The van der Waals surface area contributed by atoms with Gasteiger partial charge in [0.05, 0.1) is 18.8 Å². The lowest BCUT2D eigenvalue weighted by atomic mass is 10.1. The van der Waals surface area contributed by atoms with Crippen molar-refractivity contribution < 1.29 is 9.84 Å². The van der Waals surface area contributed by atoms with Crippen LogP contribution in [0.25, 0.3) is 0 Å². The van der Waals surface area contributed by atoms with Crippen LogP contribution >= 0.6 is 0 Å². The summed E-state index contributed by atoms with van der Waals surface area (Å²) in [7, 11) is 0. The highest BCUT2D eigenvalue weighted by molar-refractivity contribution is 5.34. The number of nitrogens with zero attached hydrogens (tertiary/aromatic N) is 1. The van der Waals surface area contributed by atoms with Gasteiger partial charge < -0.3 is 9.84 Å². The third-order valence-corrected chi connectivity index (χ3v) is 2.06. The van der Waals surface area contributed by atoms with Gasteiger partial charge in [0.15, 0.2) is 0 Å². The molecule has 80 valence electrons. The van der Waals surface area contributed by atoms with Gasteiger partial charge in [-0.2, -0.15) is 5.26 Å². The highest BCUT2D eigenvalue weighted by Crippen LogP contribution is 2.24. The molecule has 15 heavy (non-hydrogen) atoms. The van der Waals surface area contributed by atoms with Crippen molar-refractivity contribution in [1.29, 1.82) is 5.26 Å². The first-order valence-electron chi connectivity index (χ1n) is 5.02. The second-order valence-electron chi connectivity index (χ2n) is 3.32. The predicted octanol–water partition coefficient (Wildman–Crippen LogP) is 2.42. The molecular weight excluding hydrogens is 190 g/mol. The molecule has 0 amide bonds. The van der Waals surface area contributed by atoms with Crippen LogP contribution in [-0.4, -0.2) is 11.7 Å². The van der Waals surface area contributed by atoms with Crippen molar-refractivity contribution in [3.05, 3.63) is 29.8 Å². The maximum Gasteiger partial charge on any atom is 0.125 e. The first kappa shape index (κ1) is 11.5. The number of hydrogen-bond donors (Lipinski definition) is 1. The number of para-hydroxylation sites is 1. The molecule has 1 rings (SSSR count). The van der Waals surface area contributed by atoms with E-state index in [-0.39, 0.29) is 0 Å². The molecule has 1 N–H and O–H groups in total. The van der Waals surface area contributed by atoms with Gasteiger partial charge in [-0.25, -0.2) is 0 Å². The van der Waals surface area contributed by atoms with Crippen molar-refractivity contribution in [3.63, 3.8) is 0 Å². The average Bonchev–Trinajstić information content (AvgIpc) is 2.25. The van der Waals surface area contributed by atoms with Crippen LogP contribution in [0.2, 0.25) is 0 Å². The molecule has 3 nitrogen and oxygen atoms in total. The molecule has 0 bridgehead atoms. The molecule has 0 saturated carbocycles. The third kappa shape index (κ3) is 3.61. The largest absolute Gasteiger partial charge is 0.493 e. The number of unbranched alkanes of at least 4 members (excludes halogenated alkanes) is 1. The number of benzene rings is 1. The summed E-state index contributed by atoms with van der Waals surface area (Å²) in [6.07, 6.45) is 0.679. The van der Waals surface area contributed by atoms with Gasteiger partial charge in [-0.1, -0.05) is 18.2 Å². The Bertz CT molecular complexity index is 342. The first-order chi connectivity index (χ1) is 7.25. The molecule has 0 aliphatic carbocycles. The zero-order valence-corrected chi connectivity index (χ0v) is 8.81. The standard InChI is InChI=1S/C12H15NO2/c1-10(14)11-6-2-3-7-12(11)15-9-5-4-8-13/h2-3,6-7,10,14H,4-5,9H2,1H3/t10-/m1/s1. The van der Waals surface area contributed by atoms with Crippen LogP contribution in [-0.2, 0) is 0 Å². The number of nitriles is 1. The summed E-state index contributed by atoms with van der Waals surface area (Å²) >= 11 is 0. The molecule has 0 fully saturated rings. The van der Waals surface area contributed by atoms with Crippen molar-refractivity contribution in [2.75, 3.05) is 6.61 Å². The number of aliphatic hydroxyl groups excluding tert-OH is 1. The van der Waals surface area contributed by atoms with E-state index in [1.54, 1.807) is 6.92 Å². The van der Waals surface area contributed by atoms with Gasteiger partial charge >= 0.3 is 0 Å². The summed E-state index contributed by atoms with van der Waals surface area (Å²) in [5.74, 6) is 0.699. The third-order valence-electron chi connectivity index (χ3n) is 2.06. The molecule has 0 aliphatic rings. The topological polar surface area (TPSA) is 53.2 Å². The fourth-order valence-electron chi connectivity index (χ4n) is 1.29. The average molecular weight is 205 g/mol. The zero-order valence-electron chi connectivity index (χ0n) is 8.81. The highest BCUT2D eigenvalue weighted by atomic mass is 16.5. The molecular formula is C12H15NO2. The summed E-state index contributed by atoms with van der Waals surface area (Å²) in [5.41, 5.74) is 0.787. The first-order valence-corrected chi connectivity index (χ1v) is 5.02. The lowest BCUT2D eigenvalue weighted by Crippen LogP contribution is -2.01. The molecule has 0 spiro atoms. The molecule has 0 aliphatic heterocycles. The molecule has 0 saturated heterocycles. The smallest absolute Gasteiger partial charge is 0.125 e. The number of hydrogen-bond acceptors (Lipinski definition) is 3. The zero-order chi connectivity index (χ0) is 11.1. The van der Waals surface area contributed by atoms with Crippen molar-refractivity contribution in [3.8, 4) is 11.8 Å². The molecule has 1 aromatic rings. The summed E-state index contributed by atoms with van der Waals surface area (Å²) in [6, 6.07) is 9.46. The van der Waals surface area contributed by atoms with Crippen LogP contribution in [0.1, 0.15) is 31.4 Å². The van der Waals surface area contributed by atoms with E-state index in [4.69, 9.17) is 10.00 Å². The molecule has 0 radical (unpaired) electrons. The van der Waals surface area contributed by atoms with Crippen molar-refractivity contribution in [1.82, 2.24) is 0 Å². The Hall–Kier alpha value is -1.53. The van der Waals surface area contributed by atoms with Crippen molar-refractivity contribution in [2.45, 2.75) is 25.9 Å². The fraction of sp³-hybridized carbons (Fsp3) is 0.417. The van der Waals surface area contributed by atoms with Gasteiger partial charge in [0.1, 0.15) is 5.75 Å². The quantitative estimate of drug-likeness (QED) is 0.751. The van der Waals surface area contributed by atoms with Gasteiger partial charge in [-0.15, -0.1) is 0 Å². The lowest BCUT2D eigenvalue weighted by molar-refractivity contribution is 0.191. The van der Waals surface area contributed by atoms with Crippen LogP contribution < -0.4 is 4.74 Å². The van der Waals surface area contributed by atoms with Gasteiger partial charge in [0, 0.05) is 12.0 Å². The number of rotatable bonds is 5. The molecule has 0 aromatic heterocycles. The number of aliphatic hydroxyl groups is 1. The van der Waals surface area contributed by atoms with Crippen LogP contribution in [0.15, 0.2) is 24.3 Å². The van der Waals surface area contributed by atoms with Gasteiger partial charge in [-0.05, 0) is 19.4 Å². The molecule has 0 unspecified atom stereocenters. The maximum atomic E-state index is 9.47. The fourth-order valence-corrected chi connectivity index (χ4v) is 1.29. The highest BCUT2D eigenvalue weighted by Gasteiger charge is 2.07. The predicted molar refractivity (Wildman–Crippen MR) is 57.4 cm³/mol. The minimum Gasteiger partial charge on any atom is -0.493 e. The van der Waals surface area contributed by atoms with Crippen LogP contribution in [0, 0.1) is 11.3 Å².